The average molecular weight is 284 g/mol. The number of anilines is 1. The van der Waals surface area contributed by atoms with Crippen LogP contribution in [-0.4, -0.2) is 17.7 Å². The van der Waals surface area contributed by atoms with Gasteiger partial charge in [-0.15, -0.1) is 0 Å². The summed E-state index contributed by atoms with van der Waals surface area (Å²) in [5.41, 5.74) is 1.95. The predicted molar refractivity (Wildman–Crippen MR) is 84.1 cm³/mol. The molecule has 0 amide bonds. The van der Waals surface area contributed by atoms with Gasteiger partial charge in [0.25, 0.3) is 0 Å². The van der Waals surface area contributed by atoms with Crippen molar-refractivity contribution in [3.63, 3.8) is 0 Å². The van der Waals surface area contributed by atoms with Crippen LogP contribution in [0.4, 0.5) is 5.69 Å². The van der Waals surface area contributed by atoms with Gasteiger partial charge in [0.2, 0.25) is 0 Å². The Kier molecular flexibility index (Phi) is 6.67. The van der Waals surface area contributed by atoms with Gasteiger partial charge in [-0.3, -0.25) is 0 Å². The molecule has 0 saturated carbocycles. The van der Waals surface area contributed by atoms with E-state index in [9.17, 15) is 5.11 Å². The molecule has 1 aromatic rings. The second-order valence-corrected chi connectivity index (χ2v) is 5.59. The van der Waals surface area contributed by atoms with Crippen molar-refractivity contribution >= 4 is 17.3 Å². The summed E-state index contributed by atoms with van der Waals surface area (Å²) in [4.78, 5) is 2.40. The van der Waals surface area contributed by atoms with Gasteiger partial charge in [-0.1, -0.05) is 37.9 Å². The van der Waals surface area contributed by atoms with E-state index in [1.807, 2.05) is 12.1 Å². The molecule has 19 heavy (non-hydrogen) atoms. The lowest BCUT2D eigenvalue weighted by Crippen LogP contribution is -2.33. The van der Waals surface area contributed by atoms with E-state index in [1.54, 1.807) is 6.92 Å². The van der Waals surface area contributed by atoms with E-state index in [4.69, 9.17) is 11.6 Å². The zero-order valence-electron chi connectivity index (χ0n) is 12.5. The second kappa shape index (κ2) is 7.76. The summed E-state index contributed by atoms with van der Waals surface area (Å²) in [5, 5.41) is 10.3. The first kappa shape index (κ1) is 16.3. The largest absolute Gasteiger partial charge is 0.389 e. The van der Waals surface area contributed by atoms with Gasteiger partial charge in [-0.2, -0.15) is 0 Å². The molecule has 0 spiro atoms. The summed E-state index contributed by atoms with van der Waals surface area (Å²) in [5.74, 6) is 0. The van der Waals surface area contributed by atoms with Crippen LogP contribution < -0.4 is 4.90 Å². The molecular formula is C16H26ClNO. The molecule has 108 valence electrons. The zero-order valence-corrected chi connectivity index (χ0v) is 13.2. The van der Waals surface area contributed by atoms with E-state index in [0.717, 1.165) is 24.2 Å². The third-order valence-electron chi connectivity index (χ3n) is 3.64. The first-order valence-electron chi connectivity index (χ1n) is 7.25. The molecule has 0 heterocycles. The Morgan fingerprint density at radius 1 is 1.26 bits per heavy atom. The Hall–Kier alpha value is -0.730. The van der Waals surface area contributed by atoms with E-state index in [0.29, 0.717) is 11.1 Å². The highest BCUT2D eigenvalue weighted by molar-refractivity contribution is 6.31. The Bertz CT molecular complexity index is 392. The SMILES string of the molecule is CCCCN(c1ccc(C(C)O)c(Cl)c1)C(C)CC. The fourth-order valence-electron chi connectivity index (χ4n) is 2.19. The molecular weight excluding hydrogens is 258 g/mol. The zero-order chi connectivity index (χ0) is 14.4. The van der Waals surface area contributed by atoms with E-state index >= 15 is 0 Å². The topological polar surface area (TPSA) is 23.5 Å². The van der Waals surface area contributed by atoms with Crippen LogP contribution in [0.25, 0.3) is 0 Å². The maximum absolute atomic E-state index is 9.63. The van der Waals surface area contributed by atoms with Crippen molar-refractivity contribution in [2.24, 2.45) is 0 Å². The molecule has 0 bridgehead atoms. The highest BCUT2D eigenvalue weighted by atomic mass is 35.5. The van der Waals surface area contributed by atoms with Crippen LogP contribution in [0.15, 0.2) is 18.2 Å². The van der Waals surface area contributed by atoms with Crippen molar-refractivity contribution in [3.05, 3.63) is 28.8 Å². The number of unbranched alkanes of at least 4 members (excludes halogenated alkanes) is 1. The van der Waals surface area contributed by atoms with Crippen molar-refractivity contribution in [2.75, 3.05) is 11.4 Å². The Labute approximate surface area is 122 Å². The van der Waals surface area contributed by atoms with E-state index < -0.39 is 6.10 Å². The molecule has 2 unspecified atom stereocenters. The number of rotatable bonds is 7. The molecule has 0 radical (unpaired) electrons. The molecule has 0 saturated heterocycles. The van der Waals surface area contributed by atoms with Crippen molar-refractivity contribution < 1.29 is 5.11 Å². The van der Waals surface area contributed by atoms with Crippen LogP contribution in [0.5, 0.6) is 0 Å². The third-order valence-corrected chi connectivity index (χ3v) is 3.97. The van der Waals surface area contributed by atoms with Crippen LogP contribution in [0, 0.1) is 0 Å². The maximum atomic E-state index is 9.63. The van der Waals surface area contributed by atoms with Gasteiger partial charge in [0.15, 0.2) is 0 Å². The molecule has 3 heteroatoms. The highest BCUT2D eigenvalue weighted by Gasteiger charge is 2.15. The van der Waals surface area contributed by atoms with Gasteiger partial charge in [-0.25, -0.2) is 0 Å². The molecule has 2 nitrogen and oxygen atoms in total. The highest BCUT2D eigenvalue weighted by Crippen LogP contribution is 2.29. The molecule has 1 N–H and O–H groups in total. The normalized spacial score (nSPS) is 14.2. The first-order valence-corrected chi connectivity index (χ1v) is 7.63. The molecule has 1 aromatic carbocycles. The van der Waals surface area contributed by atoms with Crippen LogP contribution in [0.3, 0.4) is 0 Å². The number of halogens is 1. The molecule has 0 aliphatic carbocycles. The van der Waals surface area contributed by atoms with Gasteiger partial charge in [0, 0.05) is 23.3 Å². The molecule has 0 aliphatic rings. The smallest absolute Gasteiger partial charge is 0.0776 e. The van der Waals surface area contributed by atoms with Crippen molar-refractivity contribution in [1.29, 1.82) is 0 Å². The molecule has 2 atom stereocenters. The molecule has 0 fully saturated rings. The van der Waals surface area contributed by atoms with Crippen molar-refractivity contribution in [1.82, 2.24) is 0 Å². The van der Waals surface area contributed by atoms with Gasteiger partial charge >= 0.3 is 0 Å². The molecule has 0 aromatic heterocycles. The van der Waals surface area contributed by atoms with E-state index in [2.05, 4.69) is 31.7 Å². The number of hydrogen-bond donors (Lipinski definition) is 1. The summed E-state index contributed by atoms with van der Waals surface area (Å²) < 4.78 is 0. The fraction of sp³-hybridized carbons (Fsp3) is 0.625. The summed E-state index contributed by atoms with van der Waals surface area (Å²) in [7, 11) is 0. The van der Waals surface area contributed by atoms with Gasteiger partial charge in [0.1, 0.15) is 0 Å². The quantitative estimate of drug-likeness (QED) is 0.777. The Morgan fingerprint density at radius 3 is 2.42 bits per heavy atom. The minimum atomic E-state index is -0.519. The fourth-order valence-corrected chi connectivity index (χ4v) is 2.52. The van der Waals surface area contributed by atoms with Gasteiger partial charge in [0.05, 0.1) is 6.10 Å². The Balaban J connectivity index is 2.99. The van der Waals surface area contributed by atoms with E-state index in [1.165, 1.54) is 12.8 Å². The standard InChI is InChI=1S/C16H26ClNO/c1-5-7-10-18(12(3)6-2)14-8-9-15(13(4)19)16(17)11-14/h8-9,11-13,19H,5-7,10H2,1-4H3. The lowest BCUT2D eigenvalue weighted by atomic mass is 10.1. The minimum Gasteiger partial charge on any atom is -0.389 e. The number of aliphatic hydroxyl groups excluding tert-OH is 1. The van der Waals surface area contributed by atoms with Gasteiger partial charge < -0.3 is 10.0 Å². The number of hydrogen-bond acceptors (Lipinski definition) is 2. The Morgan fingerprint density at radius 2 is 1.95 bits per heavy atom. The summed E-state index contributed by atoms with van der Waals surface area (Å²) in [6.07, 6.45) is 2.96. The van der Waals surface area contributed by atoms with Crippen LogP contribution in [0.1, 0.15) is 58.6 Å². The van der Waals surface area contributed by atoms with Crippen molar-refractivity contribution in [3.8, 4) is 0 Å². The van der Waals surface area contributed by atoms with Crippen LogP contribution in [-0.2, 0) is 0 Å². The lowest BCUT2D eigenvalue weighted by Gasteiger charge is -2.31. The lowest BCUT2D eigenvalue weighted by molar-refractivity contribution is 0.199. The first-order chi connectivity index (χ1) is 9.01. The van der Waals surface area contributed by atoms with Crippen LogP contribution in [0.2, 0.25) is 5.02 Å². The average Bonchev–Trinajstić information content (AvgIpc) is 2.38. The summed E-state index contributed by atoms with van der Waals surface area (Å²) >= 11 is 6.26. The second-order valence-electron chi connectivity index (χ2n) is 5.19. The molecule has 1 rings (SSSR count). The third kappa shape index (κ3) is 4.39. The number of nitrogens with zero attached hydrogens (tertiary/aromatic N) is 1. The monoisotopic (exact) mass is 283 g/mol. The summed E-state index contributed by atoms with van der Waals surface area (Å²) in [6.45, 7) is 9.44. The number of aliphatic hydroxyl groups is 1. The van der Waals surface area contributed by atoms with Crippen molar-refractivity contribution in [2.45, 2.75) is 59.1 Å². The number of benzene rings is 1. The van der Waals surface area contributed by atoms with Gasteiger partial charge in [-0.05, 0) is 44.4 Å². The summed E-state index contributed by atoms with van der Waals surface area (Å²) in [6, 6.07) is 6.48. The van der Waals surface area contributed by atoms with E-state index in [-0.39, 0.29) is 0 Å². The van der Waals surface area contributed by atoms with Crippen LogP contribution >= 0.6 is 11.6 Å². The molecule has 0 aliphatic heterocycles. The predicted octanol–water partition coefficient (Wildman–Crippen LogP) is 4.80. The minimum absolute atomic E-state index is 0.500. The maximum Gasteiger partial charge on any atom is 0.0776 e.